The molecule has 2 N–H and O–H groups in total. The van der Waals surface area contributed by atoms with Crippen LogP contribution in [-0.2, 0) is 0 Å². The highest BCUT2D eigenvalue weighted by molar-refractivity contribution is 6.30. The van der Waals surface area contributed by atoms with E-state index in [1.807, 2.05) is 42.5 Å². The van der Waals surface area contributed by atoms with Crippen LogP contribution in [0.25, 0.3) is 22.0 Å². The second-order valence-electron chi connectivity index (χ2n) is 3.97. The van der Waals surface area contributed by atoms with Gasteiger partial charge in [-0.3, -0.25) is 0 Å². The number of hydrogen-bond acceptors (Lipinski definition) is 3. The first kappa shape index (κ1) is 11.0. The second-order valence-corrected chi connectivity index (χ2v) is 4.40. The Labute approximate surface area is 109 Å². The molecule has 18 heavy (non-hydrogen) atoms. The number of hydrogen-bond donors (Lipinski definition) is 1. The van der Waals surface area contributed by atoms with E-state index < -0.39 is 0 Å². The molecule has 4 heteroatoms. The average molecular weight is 256 g/mol. The topological polar surface area (TPSA) is 51.8 Å². The molecule has 1 heterocycles. The molecular formula is C14H10ClN3. The normalized spacial score (nSPS) is 10.7. The maximum Gasteiger partial charge on any atom is 0.135 e. The molecule has 0 atom stereocenters. The molecule has 88 valence electrons. The molecule has 0 fully saturated rings. The van der Waals surface area contributed by atoms with Gasteiger partial charge >= 0.3 is 0 Å². The van der Waals surface area contributed by atoms with Crippen molar-refractivity contribution in [3.63, 3.8) is 0 Å². The first-order chi connectivity index (χ1) is 8.75. The summed E-state index contributed by atoms with van der Waals surface area (Å²) in [6.45, 7) is 0. The molecule has 0 radical (unpaired) electrons. The van der Waals surface area contributed by atoms with Gasteiger partial charge in [0.25, 0.3) is 0 Å². The van der Waals surface area contributed by atoms with Gasteiger partial charge in [0.05, 0.1) is 10.9 Å². The van der Waals surface area contributed by atoms with Crippen LogP contribution in [0.2, 0.25) is 5.02 Å². The molecule has 3 aromatic rings. The molecule has 3 rings (SSSR count). The van der Waals surface area contributed by atoms with Crippen molar-refractivity contribution in [3.05, 3.63) is 53.8 Å². The summed E-state index contributed by atoms with van der Waals surface area (Å²) >= 11 is 5.90. The summed E-state index contributed by atoms with van der Waals surface area (Å²) in [6.07, 6.45) is 1.48. The number of halogens is 1. The van der Waals surface area contributed by atoms with Crippen molar-refractivity contribution >= 4 is 28.3 Å². The molecule has 0 spiro atoms. The SMILES string of the molecule is Nc1ncnc2cccc(-c3ccc(Cl)cc3)c12. The van der Waals surface area contributed by atoms with Crippen LogP contribution in [0.4, 0.5) is 5.82 Å². The van der Waals surface area contributed by atoms with E-state index in [1.54, 1.807) is 0 Å². The van der Waals surface area contributed by atoms with Crippen LogP contribution in [0.1, 0.15) is 0 Å². The first-order valence-electron chi connectivity index (χ1n) is 5.51. The summed E-state index contributed by atoms with van der Waals surface area (Å²) in [6, 6.07) is 13.5. The number of rotatable bonds is 1. The fourth-order valence-electron chi connectivity index (χ4n) is 2.00. The zero-order valence-corrected chi connectivity index (χ0v) is 10.2. The third kappa shape index (κ3) is 1.79. The summed E-state index contributed by atoms with van der Waals surface area (Å²) in [7, 11) is 0. The van der Waals surface area contributed by atoms with Crippen LogP contribution >= 0.6 is 11.6 Å². The van der Waals surface area contributed by atoms with Gasteiger partial charge in [0.1, 0.15) is 12.1 Å². The van der Waals surface area contributed by atoms with Crippen LogP contribution < -0.4 is 5.73 Å². The minimum Gasteiger partial charge on any atom is -0.383 e. The van der Waals surface area contributed by atoms with Gasteiger partial charge in [-0.15, -0.1) is 0 Å². The monoisotopic (exact) mass is 255 g/mol. The number of anilines is 1. The lowest BCUT2D eigenvalue weighted by Crippen LogP contribution is -1.94. The molecule has 0 saturated carbocycles. The largest absolute Gasteiger partial charge is 0.383 e. The van der Waals surface area contributed by atoms with Crippen molar-refractivity contribution in [3.8, 4) is 11.1 Å². The van der Waals surface area contributed by atoms with Gasteiger partial charge in [0, 0.05) is 5.02 Å². The highest BCUT2D eigenvalue weighted by Crippen LogP contribution is 2.30. The van der Waals surface area contributed by atoms with Gasteiger partial charge in [-0.2, -0.15) is 0 Å². The molecule has 2 aromatic carbocycles. The third-order valence-electron chi connectivity index (χ3n) is 2.85. The fourth-order valence-corrected chi connectivity index (χ4v) is 2.13. The van der Waals surface area contributed by atoms with E-state index in [0.29, 0.717) is 10.8 Å². The quantitative estimate of drug-likeness (QED) is 0.724. The number of nitrogens with zero attached hydrogens (tertiary/aromatic N) is 2. The smallest absolute Gasteiger partial charge is 0.135 e. The number of fused-ring (bicyclic) bond motifs is 1. The van der Waals surface area contributed by atoms with Crippen LogP contribution in [0, 0.1) is 0 Å². The van der Waals surface area contributed by atoms with E-state index in [0.717, 1.165) is 22.0 Å². The maximum absolute atomic E-state index is 5.95. The van der Waals surface area contributed by atoms with E-state index in [4.69, 9.17) is 17.3 Å². The van der Waals surface area contributed by atoms with E-state index in [9.17, 15) is 0 Å². The maximum atomic E-state index is 5.95. The minimum absolute atomic E-state index is 0.491. The zero-order chi connectivity index (χ0) is 12.5. The van der Waals surface area contributed by atoms with Crippen LogP contribution in [0.3, 0.4) is 0 Å². The van der Waals surface area contributed by atoms with Crippen molar-refractivity contribution < 1.29 is 0 Å². The first-order valence-corrected chi connectivity index (χ1v) is 5.88. The summed E-state index contributed by atoms with van der Waals surface area (Å²) < 4.78 is 0. The van der Waals surface area contributed by atoms with Gasteiger partial charge in [-0.05, 0) is 29.3 Å². The van der Waals surface area contributed by atoms with E-state index in [2.05, 4.69) is 9.97 Å². The Morgan fingerprint density at radius 1 is 0.944 bits per heavy atom. The summed E-state index contributed by atoms with van der Waals surface area (Å²) in [4.78, 5) is 8.28. The summed E-state index contributed by atoms with van der Waals surface area (Å²) in [5.41, 5.74) is 8.85. The Kier molecular flexibility index (Phi) is 2.61. The van der Waals surface area contributed by atoms with Crippen molar-refractivity contribution in [2.45, 2.75) is 0 Å². The molecule has 0 bridgehead atoms. The Balaban J connectivity index is 2.32. The molecule has 0 unspecified atom stereocenters. The zero-order valence-electron chi connectivity index (χ0n) is 9.47. The summed E-state index contributed by atoms with van der Waals surface area (Å²) in [5.74, 6) is 0.491. The van der Waals surface area contributed by atoms with Gasteiger partial charge < -0.3 is 5.73 Å². The van der Waals surface area contributed by atoms with Crippen LogP contribution in [-0.4, -0.2) is 9.97 Å². The van der Waals surface area contributed by atoms with Gasteiger partial charge in [-0.25, -0.2) is 9.97 Å². The predicted octanol–water partition coefficient (Wildman–Crippen LogP) is 3.53. The van der Waals surface area contributed by atoms with E-state index >= 15 is 0 Å². The minimum atomic E-state index is 0.491. The van der Waals surface area contributed by atoms with Gasteiger partial charge in [-0.1, -0.05) is 35.9 Å². The Bertz CT molecular complexity index is 703. The fraction of sp³-hybridized carbons (Fsp3) is 0. The highest BCUT2D eigenvalue weighted by Gasteiger charge is 2.07. The Morgan fingerprint density at radius 3 is 2.50 bits per heavy atom. The molecule has 0 saturated heterocycles. The Morgan fingerprint density at radius 2 is 1.72 bits per heavy atom. The highest BCUT2D eigenvalue weighted by atomic mass is 35.5. The number of benzene rings is 2. The molecular weight excluding hydrogens is 246 g/mol. The van der Waals surface area contributed by atoms with Crippen LogP contribution in [0.5, 0.6) is 0 Å². The van der Waals surface area contributed by atoms with Crippen LogP contribution in [0.15, 0.2) is 48.8 Å². The Hall–Kier alpha value is -2.13. The van der Waals surface area contributed by atoms with Crippen molar-refractivity contribution in [2.24, 2.45) is 0 Å². The standard InChI is InChI=1S/C14H10ClN3/c15-10-6-4-9(5-7-10)11-2-1-3-12-13(11)14(16)18-8-17-12/h1-8H,(H2,16,17,18). The molecule has 0 aliphatic carbocycles. The van der Waals surface area contributed by atoms with E-state index in [-0.39, 0.29) is 0 Å². The molecule has 0 aliphatic heterocycles. The molecule has 0 amide bonds. The second kappa shape index (κ2) is 4.27. The average Bonchev–Trinajstić information content (AvgIpc) is 2.39. The lowest BCUT2D eigenvalue weighted by molar-refractivity contribution is 1.23. The van der Waals surface area contributed by atoms with Gasteiger partial charge in [0.15, 0.2) is 0 Å². The third-order valence-corrected chi connectivity index (χ3v) is 3.10. The summed E-state index contributed by atoms with van der Waals surface area (Å²) in [5, 5.41) is 1.59. The number of aromatic nitrogens is 2. The molecule has 3 nitrogen and oxygen atoms in total. The molecule has 1 aromatic heterocycles. The number of nitrogen functional groups attached to an aromatic ring is 1. The van der Waals surface area contributed by atoms with Crippen molar-refractivity contribution in [2.75, 3.05) is 5.73 Å². The molecule has 0 aliphatic rings. The van der Waals surface area contributed by atoms with Crippen molar-refractivity contribution in [1.82, 2.24) is 9.97 Å². The number of nitrogens with two attached hydrogens (primary N) is 1. The van der Waals surface area contributed by atoms with Gasteiger partial charge in [0.2, 0.25) is 0 Å². The predicted molar refractivity (Wildman–Crippen MR) is 74.4 cm³/mol. The van der Waals surface area contributed by atoms with Crippen molar-refractivity contribution in [1.29, 1.82) is 0 Å². The lowest BCUT2D eigenvalue weighted by Gasteiger charge is -2.07. The lowest BCUT2D eigenvalue weighted by atomic mass is 10.0. The van der Waals surface area contributed by atoms with E-state index in [1.165, 1.54) is 6.33 Å².